The number of anilines is 1. The van der Waals surface area contributed by atoms with Gasteiger partial charge in [-0.1, -0.05) is 48.5 Å². The minimum Gasteiger partial charge on any atom is -0.480 e. The van der Waals surface area contributed by atoms with E-state index in [-0.39, 0.29) is 18.3 Å². The maximum Gasteiger partial charge on any atom is 0.416 e. The molecule has 0 radical (unpaired) electrons. The van der Waals surface area contributed by atoms with Crippen LogP contribution in [0.15, 0.2) is 67.1 Å². The molecular formula is C22H19N3O4. The van der Waals surface area contributed by atoms with Gasteiger partial charge in [0, 0.05) is 18.3 Å². The molecule has 1 heterocycles. The molecule has 1 aliphatic carbocycles. The van der Waals surface area contributed by atoms with Gasteiger partial charge in [-0.3, -0.25) is 4.98 Å². The summed E-state index contributed by atoms with van der Waals surface area (Å²) in [5.41, 5.74) is 4.40. The number of carbonyl (C=O) groups is 2. The number of amides is 1. The van der Waals surface area contributed by atoms with Crippen molar-refractivity contribution in [3.8, 4) is 11.1 Å². The van der Waals surface area contributed by atoms with E-state index in [1.165, 1.54) is 25.5 Å². The highest BCUT2D eigenvalue weighted by molar-refractivity contribution is 5.94. The molecule has 1 atom stereocenters. The SMILES string of the molecule is C[C@@H](C(=O)O)N(C(=O)OCC1c2ccccc2-c2ccccc21)c1cnccn1. The predicted molar refractivity (Wildman–Crippen MR) is 107 cm³/mol. The lowest BCUT2D eigenvalue weighted by atomic mass is 9.98. The fraction of sp³-hybridized carbons (Fsp3) is 0.182. The van der Waals surface area contributed by atoms with Gasteiger partial charge >= 0.3 is 12.1 Å². The first-order chi connectivity index (χ1) is 14.1. The first kappa shape index (κ1) is 18.6. The highest BCUT2D eigenvalue weighted by Gasteiger charge is 2.33. The summed E-state index contributed by atoms with van der Waals surface area (Å²) in [5, 5.41) is 9.41. The summed E-state index contributed by atoms with van der Waals surface area (Å²) in [4.78, 5) is 33.3. The number of carbonyl (C=O) groups excluding carboxylic acids is 1. The molecule has 29 heavy (non-hydrogen) atoms. The standard InChI is InChI=1S/C22H19N3O4/c1-14(21(26)27)25(20-12-23-10-11-24-20)22(28)29-13-19-17-8-4-2-6-15(17)16-7-3-5-9-18(16)19/h2-12,14,19H,13H2,1H3,(H,26,27)/t14-/m0/s1. The molecule has 3 aromatic rings. The van der Waals surface area contributed by atoms with Crippen molar-refractivity contribution < 1.29 is 19.4 Å². The molecule has 0 spiro atoms. The van der Waals surface area contributed by atoms with Crippen molar-refractivity contribution in [3.05, 3.63) is 78.2 Å². The molecular weight excluding hydrogens is 370 g/mol. The van der Waals surface area contributed by atoms with Crippen molar-refractivity contribution in [3.63, 3.8) is 0 Å². The minimum atomic E-state index is -1.16. The van der Waals surface area contributed by atoms with Crippen LogP contribution >= 0.6 is 0 Å². The number of rotatable bonds is 5. The van der Waals surface area contributed by atoms with Crippen molar-refractivity contribution >= 4 is 17.9 Å². The van der Waals surface area contributed by atoms with Crippen molar-refractivity contribution in [1.29, 1.82) is 0 Å². The molecule has 0 bridgehead atoms. The molecule has 1 aromatic heterocycles. The third-order valence-corrected chi connectivity index (χ3v) is 5.07. The normalized spacial score (nSPS) is 13.3. The molecule has 146 valence electrons. The Hall–Kier alpha value is -3.74. The third-order valence-electron chi connectivity index (χ3n) is 5.07. The zero-order valence-corrected chi connectivity index (χ0v) is 15.7. The topological polar surface area (TPSA) is 92.6 Å². The van der Waals surface area contributed by atoms with E-state index in [9.17, 15) is 14.7 Å². The average Bonchev–Trinajstić information content (AvgIpc) is 3.07. The fourth-order valence-electron chi connectivity index (χ4n) is 3.64. The van der Waals surface area contributed by atoms with E-state index < -0.39 is 18.1 Å². The Kier molecular flexibility index (Phi) is 4.95. The molecule has 4 rings (SSSR count). The number of nitrogens with zero attached hydrogens (tertiary/aromatic N) is 3. The van der Waals surface area contributed by atoms with Crippen LogP contribution in [0.3, 0.4) is 0 Å². The maximum atomic E-state index is 12.8. The molecule has 0 saturated carbocycles. The molecule has 7 heteroatoms. The monoisotopic (exact) mass is 389 g/mol. The largest absolute Gasteiger partial charge is 0.480 e. The molecule has 1 amide bonds. The first-order valence-electron chi connectivity index (χ1n) is 9.21. The zero-order chi connectivity index (χ0) is 20.4. The van der Waals surface area contributed by atoms with Gasteiger partial charge < -0.3 is 9.84 Å². The average molecular weight is 389 g/mol. The van der Waals surface area contributed by atoms with Crippen LogP contribution in [-0.2, 0) is 9.53 Å². The Morgan fingerprint density at radius 2 is 1.69 bits per heavy atom. The molecule has 0 fully saturated rings. The first-order valence-corrected chi connectivity index (χ1v) is 9.21. The van der Waals surface area contributed by atoms with E-state index in [0.29, 0.717) is 0 Å². The summed E-state index contributed by atoms with van der Waals surface area (Å²) >= 11 is 0. The summed E-state index contributed by atoms with van der Waals surface area (Å²) in [6, 6.07) is 14.9. The lowest BCUT2D eigenvalue weighted by Gasteiger charge is -2.25. The van der Waals surface area contributed by atoms with Crippen molar-refractivity contribution in [2.24, 2.45) is 0 Å². The zero-order valence-electron chi connectivity index (χ0n) is 15.7. The summed E-state index contributed by atoms with van der Waals surface area (Å²) < 4.78 is 5.58. The van der Waals surface area contributed by atoms with Crippen LogP contribution in [0.2, 0.25) is 0 Å². The van der Waals surface area contributed by atoms with Gasteiger partial charge in [-0.2, -0.15) is 0 Å². The van der Waals surface area contributed by atoms with Crippen molar-refractivity contribution in [2.45, 2.75) is 18.9 Å². The van der Waals surface area contributed by atoms with E-state index in [4.69, 9.17) is 4.74 Å². The van der Waals surface area contributed by atoms with Gasteiger partial charge in [-0.05, 0) is 29.2 Å². The Labute approximate surface area is 167 Å². The molecule has 0 saturated heterocycles. The number of fused-ring (bicyclic) bond motifs is 3. The Morgan fingerprint density at radius 3 is 2.24 bits per heavy atom. The number of aromatic nitrogens is 2. The second-order valence-electron chi connectivity index (χ2n) is 6.75. The van der Waals surface area contributed by atoms with E-state index in [2.05, 4.69) is 9.97 Å². The van der Waals surface area contributed by atoms with Gasteiger partial charge in [0.05, 0.1) is 6.20 Å². The lowest BCUT2D eigenvalue weighted by Crippen LogP contribution is -2.44. The molecule has 7 nitrogen and oxygen atoms in total. The highest BCUT2D eigenvalue weighted by Crippen LogP contribution is 2.44. The number of hydrogen-bond donors (Lipinski definition) is 1. The van der Waals surface area contributed by atoms with Crippen LogP contribution in [0, 0.1) is 0 Å². The highest BCUT2D eigenvalue weighted by atomic mass is 16.6. The fourth-order valence-corrected chi connectivity index (χ4v) is 3.64. The third kappa shape index (κ3) is 3.42. The smallest absolute Gasteiger partial charge is 0.416 e. The number of benzene rings is 2. The second kappa shape index (κ2) is 7.71. The molecule has 0 unspecified atom stereocenters. The molecule has 1 N–H and O–H groups in total. The number of carboxylic acid groups (broad SMARTS) is 1. The molecule has 1 aliphatic rings. The van der Waals surface area contributed by atoms with Crippen molar-refractivity contribution in [2.75, 3.05) is 11.5 Å². The Morgan fingerprint density at radius 1 is 1.07 bits per heavy atom. The van der Waals surface area contributed by atoms with Gasteiger partial charge in [-0.25, -0.2) is 19.5 Å². The van der Waals surface area contributed by atoms with E-state index in [1.54, 1.807) is 0 Å². The van der Waals surface area contributed by atoms with Crippen LogP contribution in [0.5, 0.6) is 0 Å². The van der Waals surface area contributed by atoms with Crippen LogP contribution in [0.25, 0.3) is 11.1 Å². The van der Waals surface area contributed by atoms with Crippen LogP contribution in [0.4, 0.5) is 10.6 Å². The lowest BCUT2D eigenvalue weighted by molar-refractivity contribution is -0.138. The van der Waals surface area contributed by atoms with Crippen molar-refractivity contribution in [1.82, 2.24) is 9.97 Å². The van der Waals surface area contributed by atoms with Crippen LogP contribution in [-0.4, -0.2) is 39.8 Å². The van der Waals surface area contributed by atoms with Crippen LogP contribution < -0.4 is 4.90 Å². The summed E-state index contributed by atoms with van der Waals surface area (Å²) in [6.07, 6.45) is 3.40. The minimum absolute atomic E-state index is 0.0932. The summed E-state index contributed by atoms with van der Waals surface area (Å²) in [5.74, 6) is -1.15. The van der Waals surface area contributed by atoms with Gasteiger partial charge in [0.25, 0.3) is 0 Å². The Bertz CT molecular complexity index is 1010. The number of carboxylic acids is 1. The second-order valence-corrected chi connectivity index (χ2v) is 6.75. The Balaban J connectivity index is 1.59. The van der Waals surface area contributed by atoms with E-state index in [1.807, 2.05) is 48.5 Å². The van der Waals surface area contributed by atoms with E-state index in [0.717, 1.165) is 27.2 Å². The summed E-state index contributed by atoms with van der Waals surface area (Å²) in [6.45, 7) is 1.49. The maximum absolute atomic E-state index is 12.8. The molecule has 0 aliphatic heterocycles. The number of hydrogen-bond acceptors (Lipinski definition) is 5. The molecule has 2 aromatic carbocycles. The summed E-state index contributed by atoms with van der Waals surface area (Å²) in [7, 11) is 0. The quantitative estimate of drug-likeness (QED) is 0.715. The van der Waals surface area contributed by atoms with Crippen LogP contribution in [0.1, 0.15) is 24.0 Å². The van der Waals surface area contributed by atoms with Gasteiger partial charge in [-0.15, -0.1) is 0 Å². The van der Waals surface area contributed by atoms with Gasteiger partial charge in [0.2, 0.25) is 0 Å². The van der Waals surface area contributed by atoms with Gasteiger partial charge in [0.1, 0.15) is 12.6 Å². The predicted octanol–water partition coefficient (Wildman–Crippen LogP) is 3.71. The van der Waals surface area contributed by atoms with E-state index >= 15 is 0 Å². The van der Waals surface area contributed by atoms with Gasteiger partial charge in [0.15, 0.2) is 5.82 Å². The number of ether oxygens (including phenoxy) is 1. The number of aliphatic carboxylic acids is 1.